The van der Waals surface area contributed by atoms with Gasteiger partial charge in [0.1, 0.15) is 11.5 Å². The van der Waals surface area contributed by atoms with Gasteiger partial charge in [-0.3, -0.25) is 10.1 Å². The Hall–Kier alpha value is -2.31. The zero-order chi connectivity index (χ0) is 20.1. The van der Waals surface area contributed by atoms with Gasteiger partial charge in [-0.25, -0.2) is 0 Å². The lowest BCUT2D eigenvalue weighted by Crippen LogP contribution is -2.32. The van der Waals surface area contributed by atoms with Crippen molar-refractivity contribution in [2.24, 2.45) is 0 Å². The van der Waals surface area contributed by atoms with E-state index in [0.717, 1.165) is 0 Å². The van der Waals surface area contributed by atoms with Gasteiger partial charge in [-0.15, -0.1) is 0 Å². The highest BCUT2D eigenvalue weighted by Crippen LogP contribution is 2.34. The molecule has 1 amide bonds. The van der Waals surface area contributed by atoms with E-state index in [4.69, 9.17) is 51.4 Å². The molecule has 2 N–H and O–H groups in total. The lowest BCUT2D eigenvalue weighted by molar-refractivity contribution is -0.115. The van der Waals surface area contributed by atoms with Crippen molar-refractivity contribution in [3.05, 3.63) is 81.5 Å². The van der Waals surface area contributed by atoms with Gasteiger partial charge in [-0.2, -0.15) is 0 Å². The van der Waals surface area contributed by atoms with Crippen molar-refractivity contribution in [3.8, 4) is 11.3 Å². The van der Waals surface area contributed by atoms with Crippen molar-refractivity contribution >= 4 is 69.8 Å². The number of rotatable bonds is 4. The highest BCUT2D eigenvalue weighted by atomic mass is 35.5. The second kappa shape index (κ2) is 9.26. The van der Waals surface area contributed by atoms with Crippen molar-refractivity contribution in [1.82, 2.24) is 5.32 Å². The Labute approximate surface area is 182 Å². The van der Waals surface area contributed by atoms with Crippen LogP contribution in [0.15, 0.2) is 65.1 Å². The lowest BCUT2D eigenvalue weighted by Gasteiger charge is -2.09. The molecule has 28 heavy (non-hydrogen) atoms. The monoisotopic (exact) mass is 450 g/mol. The summed E-state index contributed by atoms with van der Waals surface area (Å²) in [6, 6.07) is 15.8. The number of nitrogens with one attached hydrogen (secondary N) is 2. The van der Waals surface area contributed by atoms with Crippen LogP contribution in [0.4, 0.5) is 5.69 Å². The Morgan fingerprint density at radius 3 is 2.50 bits per heavy atom. The van der Waals surface area contributed by atoms with E-state index in [1.54, 1.807) is 54.6 Å². The minimum atomic E-state index is -0.414. The van der Waals surface area contributed by atoms with E-state index >= 15 is 0 Å². The zero-order valence-electron chi connectivity index (χ0n) is 14.2. The number of anilines is 1. The van der Waals surface area contributed by atoms with E-state index in [2.05, 4.69) is 10.6 Å². The molecule has 0 saturated heterocycles. The van der Waals surface area contributed by atoms with Crippen molar-refractivity contribution in [2.75, 3.05) is 5.32 Å². The van der Waals surface area contributed by atoms with Crippen LogP contribution in [0, 0.1) is 0 Å². The van der Waals surface area contributed by atoms with Gasteiger partial charge in [0, 0.05) is 11.6 Å². The summed E-state index contributed by atoms with van der Waals surface area (Å²) in [5.74, 6) is 0.609. The first kappa shape index (κ1) is 20.4. The molecule has 3 aromatic rings. The van der Waals surface area contributed by atoms with Gasteiger partial charge in [-0.05, 0) is 54.7 Å². The normalized spacial score (nSPS) is 10.8. The number of hydrogen-bond acceptors (Lipinski definition) is 3. The summed E-state index contributed by atoms with van der Waals surface area (Å²) in [5.41, 5.74) is 1.27. The lowest BCUT2D eigenvalue weighted by atomic mass is 10.2. The quantitative estimate of drug-likeness (QED) is 0.354. The predicted octanol–water partition coefficient (Wildman–Crippen LogP) is 6.43. The molecular formula is C20H13Cl3N2O2S. The van der Waals surface area contributed by atoms with Crippen LogP contribution >= 0.6 is 47.0 Å². The molecule has 142 valence electrons. The van der Waals surface area contributed by atoms with E-state index < -0.39 is 5.91 Å². The molecule has 1 aromatic heterocycles. The van der Waals surface area contributed by atoms with Crippen LogP contribution < -0.4 is 10.6 Å². The van der Waals surface area contributed by atoms with E-state index in [-0.39, 0.29) is 5.11 Å². The summed E-state index contributed by atoms with van der Waals surface area (Å²) in [7, 11) is 0. The summed E-state index contributed by atoms with van der Waals surface area (Å²) in [6.07, 6.45) is 2.83. The SMILES string of the molecule is O=C(C=Cc1ccc(-c2cccc(Cl)c2Cl)o1)NC(=S)Nc1ccccc1Cl. The number of hydrogen-bond donors (Lipinski definition) is 2. The van der Waals surface area contributed by atoms with Crippen molar-refractivity contribution < 1.29 is 9.21 Å². The topological polar surface area (TPSA) is 54.3 Å². The minimum absolute atomic E-state index is 0.133. The predicted molar refractivity (Wildman–Crippen MR) is 119 cm³/mol. The average molecular weight is 452 g/mol. The first-order valence-electron chi connectivity index (χ1n) is 8.03. The van der Waals surface area contributed by atoms with Gasteiger partial charge in [-0.1, -0.05) is 53.0 Å². The second-order valence-corrected chi connectivity index (χ2v) is 7.16. The molecule has 0 bridgehead atoms. The Bertz CT molecular complexity index is 1060. The maximum absolute atomic E-state index is 12.0. The van der Waals surface area contributed by atoms with Gasteiger partial charge in [0.25, 0.3) is 0 Å². The summed E-state index contributed by atoms with van der Waals surface area (Å²) < 4.78 is 5.70. The highest BCUT2D eigenvalue weighted by Gasteiger charge is 2.10. The van der Waals surface area contributed by atoms with E-state index in [1.807, 2.05) is 0 Å². The Morgan fingerprint density at radius 2 is 1.71 bits per heavy atom. The van der Waals surface area contributed by atoms with Gasteiger partial charge < -0.3 is 9.73 Å². The number of thiocarbonyl (C=S) groups is 1. The number of carbonyl (C=O) groups is 1. The third kappa shape index (κ3) is 5.14. The van der Waals surface area contributed by atoms with Gasteiger partial charge >= 0.3 is 0 Å². The molecule has 0 atom stereocenters. The maximum Gasteiger partial charge on any atom is 0.250 e. The van der Waals surface area contributed by atoms with E-state index in [1.165, 1.54) is 12.2 Å². The molecule has 0 unspecified atom stereocenters. The van der Waals surface area contributed by atoms with Crippen LogP contribution in [0.2, 0.25) is 15.1 Å². The molecule has 0 aliphatic heterocycles. The molecule has 0 radical (unpaired) electrons. The molecule has 0 aliphatic carbocycles. The third-order valence-corrected chi connectivity index (χ3v) is 4.95. The van der Waals surface area contributed by atoms with Gasteiger partial charge in [0.2, 0.25) is 5.91 Å². The Kier molecular flexibility index (Phi) is 6.75. The molecular weight excluding hydrogens is 439 g/mol. The molecule has 1 heterocycles. The van der Waals surface area contributed by atoms with Gasteiger partial charge in [0.15, 0.2) is 5.11 Å². The molecule has 2 aromatic carbocycles. The molecule has 0 saturated carbocycles. The standard InChI is InChI=1S/C20H13Cl3N2O2S/c21-14-5-1-2-7-16(14)24-20(28)25-18(26)11-9-12-8-10-17(27-12)13-4-3-6-15(22)19(13)23/h1-11H,(H2,24,25,26,28). The molecule has 3 rings (SSSR count). The van der Waals surface area contributed by atoms with Crippen LogP contribution in [0.3, 0.4) is 0 Å². The van der Waals surface area contributed by atoms with Crippen LogP contribution in [0.25, 0.3) is 17.4 Å². The minimum Gasteiger partial charge on any atom is -0.457 e. The first-order valence-corrected chi connectivity index (χ1v) is 9.57. The molecule has 0 spiro atoms. The smallest absolute Gasteiger partial charge is 0.250 e. The molecule has 4 nitrogen and oxygen atoms in total. The Balaban J connectivity index is 1.62. The number of benzene rings is 2. The number of carbonyl (C=O) groups excluding carboxylic acids is 1. The van der Waals surface area contributed by atoms with E-state index in [0.29, 0.717) is 37.8 Å². The van der Waals surface area contributed by atoms with Crippen LogP contribution in [-0.2, 0) is 4.79 Å². The molecule has 0 aliphatic rings. The first-order chi connectivity index (χ1) is 13.4. The number of amides is 1. The second-order valence-electron chi connectivity index (χ2n) is 5.56. The number of halogens is 3. The molecule has 0 fully saturated rings. The molecule has 8 heteroatoms. The highest BCUT2D eigenvalue weighted by molar-refractivity contribution is 7.80. The number of para-hydroxylation sites is 1. The summed E-state index contributed by atoms with van der Waals surface area (Å²) >= 11 is 23.4. The number of furan rings is 1. The largest absolute Gasteiger partial charge is 0.457 e. The van der Waals surface area contributed by atoms with Crippen LogP contribution in [0.1, 0.15) is 5.76 Å². The van der Waals surface area contributed by atoms with Crippen molar-refractivity contribution in [3.63, 3.8) is 0 Å². The maximum atomic E-state index is 12.0. The summed E-state index contributed by atoms with van der Waals surface area (Å²) in [5, 5.41) is 6.87. The summed E-state index contributed by atoms with van der Waals surface area (Å²) in [4.78, 5) is 12.0. The van der Waals surface area contributed by atoms with Gasteiger partial charge in [0.05, 0.1) is 20.8 Å². The summed E-state index contributed by atoms with van der Waals surface area (Å²) in [6.45, 7) is 0. The van der Waals surface area contributed by atoms with Crippen molar-refractivity contribution in [1.29, 1.82) is 0 Å². The average Bonchev–Trinajstić information content (AvgIpc) is 3.13. The fourth-order valence-corrected chi connectivity index (χ4v) is 3.10. The van der Waals surface area contributed by atoms with Crippen LogP contribution in [0.5, 0.6) is 0 Å². The third-order valence-electron chi connectivity index (χ3n) is 3.60. The Morgan fingerprint density at radius 1 is 0.964 bits per heavy atom. The van der Waals surface area contributed by atoms with Crippen LogP contribution in [-0.4, -0.2) is 11.0 Å². The van der Waals surface area contributed by atoms with E-state index in [9.17, 15) is 4.79 Å². The fraction of sp³-hybridized carbons (Fsp3) is 0. The fourth-order valence-electron chi connectivity index (χ4n) is 2.31. The zero-order valence-corrected chi connectivity index (χ0v) is 17.3. The van der Waals surface area contributed by atoms with Crippen molar-refractivity contribution in [2.45, 2.75) is 0 Å².